The van der Waals surface area contributed by atoms with Crippen LogP contribution < -0.4 is 10.6 Å². The second kappa shape index (κ2) is 7.75. The van der Waals surface area contributed by atoms with Crippen molar-refractivity contribution in [3.8, 4) is 0 Å². The van der Waals surface area contributed by atoms with Crippen LogP contribution in [0.5, 0.6) is 0 Å². The molecular weight excluding hydrogens is 320 g/mol. The molecule has 0 bridgehead atoms. The molecule has 2 heterocycles. The summed E-state index contributed by atoms with van der Waals surface area (Å²) in [7, 11) is 0. The molecular formula is C18H24N4OS. The first-order chi connectivity index (χ1) is 11.6. The highest BCUT2D eigenvalue weighted by Crippen LogP contribution is 2.35. The van der Waals surface area contributed by atoms with Crippen LogP contribution in [0.4, 0.5) is 4.79 Å². The van der Waals surface area contributed by atoms with E-state index in [0.717, 1.165) is 24.5 Å². The quantitative estimate of drug-likeness (QED) is 0.872. The molecule has 0 spiro atoms. The average molecular weight is 344 g/mol. The zero-order chi connectivity index (χ0) is 16.9. The van der Waals surface area contributed by atoms with Gasteiger partial charge in [-0.05, 0) is 24.0 Å². The summed E-state index contributed by atoms with van der Waals surface area (Å²) in [6.07, 6.45) is 4.70. The van der Waals surface area contributed by atoms with Crippen LogP contribution in [0.1, 0.15) is 37.7 Å². The molecule has 3 rings (SSSR count). The van der Waals surface area contributed by atoms with Gasteiger partial charge in [0.1, 0.15) is 5.82 Å². The molecule has 0 aliphatic carbocycles. The number of fused-ring (bicyclic) bond motifs is 1. The SMILES string of the molecule is CC(C)Cn1ccnc1CNC(=O)N[C@H]1CCSc2ccccc21. The molecule has 0 saturated heterocycles. The topological polar surface area (TPSA) is 59.0 Å². The number of imidazole rings is 1. The van der Waals surface area contributed by atoms with Gasteiger partial charge in [0.2, 0.25) is 0 Å². The largest absolute Gasteiger partial charge is 0.333 e. The highest BCUT2D eigenvalue weighted by atomic mass is 32.2. The predicted molar refractivity (Wildman–Crippen MR) is 97.0 cm³/mol. The maximum atomic E-state index is 12.3. The minimum atomic E-state index is -0.138. The lowest BCUT2D eigenvalue weighted by molar-refractivity contribution is 0.235. The van der Waals surface area contributed by atoms with Crippen LogP contribution in [-0.2, 0) is 13.1 Å². The van der Waals surface area contributed by atoms with Gasteiger partial charge in [0.05, 0.1) is 12.6 Å². The lowest BCUT2D eigenvalue weighted by Gasteiger charge is -2.26. The van der Waals surface area contributed by atoms with Crippen LogP contribution in [0.2, 0.25) is 0 Å². The number of carbonyl (C=O) groups excluding carboxylic acids is 1. The number of hydrogen-bond acceptors (Lipinski definition) is 3. The van der Waals surface area contributed by atoms with Gasteiger partial charge in [0.25, 0.3) is 0 Å². The summed E-state index contributed by atoms with van der Waals surface area (Å²) in [5, 5.41) is 6.03. The third kappa shape index (κ3) is 4.12. The second-order valence-corrected chi connectivity index (χ2v) is 7.58. The molecule has 1 atom stereocenters. The molecule has 2 amide bonds. The summed E-state index contributed by atoms with van der Waals surface area (Å²) in [6.45, 7) is 5.69. The molecule has 2 N–H and O–H groups in total. The van der Waals surface area contributed by atoms with E-state index in [0.29, 0.717) is 12.5 Å². The summed E-state index contributed by atoms with van der Waals surface area (Å²) in [5.41, 5.74) is 1.21. The van der Waals surface area contributed by atoms with Crippen LogP contribution in [0.25, 0.3) is 0 Å². The van der Waals surface area contributed by atoms with Crippen molar-refractivity contribution < 1.29 is 4.79 Å². The molecule has 0 saturated carbocycles. The van der Waals surface area contributed by atoms with E-state index in [1.54, 1.807) is 6.20 Å². The van der Waals surface area contributed by atoms with Crippen LogP contribution in [0.15, 0.2) is 41.6 Å². The van der Waals surface area contributed by atoms with Crippen LogP contribution in [0.3, 0.4) is 0 Å². The Morgan fingerprint density at radius 2 is 2.25 bits per heavy atom. The van der Waals surface area contributed by atoms with Crippen molar-refractivity contribution in [1.82, 2.24) is 20.2 Å². The number of urea groups is 1. The highest BCUT2D eigenvalue weighted by molar-refractivity contribution is 7.99. The Balaban J connectivity index is 1.57. The van der Waals surface area contributed by atoms with E-state index in [2.05, 4.69) is 46.2 Å². The molecule has 1 aromatic heterocycles. The van der Waals surface area contributed by atoms with Crippen molar-refractivity contribution >= 4 is 17.8 Å². The second-order valence-electron chi connectivity index (χ2n) is 6.44. The number of benzene rings is 1. The summed E-state index contributed by atoms with van der Waals surface area (Å²) in [5.74, 6) is 2.46. The van der Waals surface area contributed by atoms with Crippen molar-refractivity contribution in [1.29, 1.82) is 0 Å². The number of thioether (sulfide) groups is 1. The van der Waals surface area contributed by atoms with Crippen molar-refractivity contribution in [2.45, 2.75) is 44.3 Å². The predicted octanol–water partition coefficient (Wildman–Crippen LogP) is 3.58. The van der Waals surface area contributed by atoms with Crippen LogP contribution >= 0.6 is 11.8 Å². The minimum Gasteiger partial charge on any atom is -0.333 e. The molecule has 24 heavy (non-hydrogen) atoms. The number of nitrogens with zero attached hydrogens (tertiary/aromatic N) is 2. The molecule has 5 nitrogen and oxygen atoms in total. The Morgan fingerprint density at radius 1 is 1.42 bits per heavy atom. The monoisotopic (exact) mass is 344 g/mol. The summed E-state index contributed by atoms with van der Waals surface area (Å²) < 4.78 is 2.09. The van der Waals surface area contributed by atoms with Gasteiger partial charge in [0, 0.05) is 29.6 Å². The van der Waals surface area contributed by atoms with E-state index in [-0.39, 0.29) is 12.1 Å². The lowest BCUT2D eigenvalue weighted by atomic mass is 10.0. The van der Waals surface area contributed by atoms with E-state index in [9.17, 15) is 4.79 Å². The smallest absolute Gasteiger partial charge is 0.315 e. The number of nitrogens with one attached hydrogen (secondary N) is 2. The van der Waals surface area contributed by atoms with Gasteiger partial charge < -0.3 is 15.2 Å². The van der Waals surface area contributed by atoms with Gasteiger partial charge in [-0.2, -0.15) is 0 Å². The third-order valence-electron chi connectivity index (χ3n) is 4.03. The molecule has 6 heteroatoms. The van der Waals surface area contributed by atoms with Crippen LogP contribution in [-0.4, -0.2) is 21.3 Å². The summed E-state index contributed by atoms with van der Waals surface area (Å²) in [6, 6.07) is 8.23. The molecule has 128 valence electrons. The van der Waals surface area contributed by atoms with Crippen molar-refractivity contribution in [2.75, 3.05) is 5.75 Å². The summed E-state index contributed by atoms with van der Waals surface area (Å²) >= 11 is 1.85. The van der Waals surface area contributed by atoms with Gasteiger partial charge in [-0.1, -0.05) is 32.0 Å². The van der Waals surface area contributed by atoms with Gasteiger partial charge in [-0.25, -0.2) is 9.78 Å². The third-order valence-corrected chi connectivity index (χ3v) is 5.16. The van der Waals surface area contributed by atoms with Gasteiger partial charge >= 0.3 is 6.03 Å². The lowest BCUT2D eigenvalue weighted by Crippen LogP contribution is -2.39. The van der Waals surface area contributed by atoms with Crippen molar-refractivity contribution in [2.24, 2.45) is 5.92 Å². The molecule has 0 fully saturated rings. The van der Waals surface area contributed by atoms with Crippen molar-refractivity contribution in [3.63, 3.8) is 0 Å². The molecule has 1 aromatic carbocycles. The van der Waals surface area contributed by atoms with Crippen LogP contribution in [0, 0.1) is 5.92 Å². The van der Waals surface area contributed by atoms with E-state index < -0.39 is 0 Å². The number of aromatic nitrogens is 2. The first kappa shape index (κ1) is 16.9. The molecule has 1 aliphatic heterocycles. The standard InChI is InChI=1S/C18H24N4OS/c1-13(2)12-22-9-8-19-17(22)11-20-18(23)21-15-7-10-24-16-6-4-3-5-14(15)16/h3-6,8-9,13,15H,7,10-12H2,1-2H3,(H2,20,21,23)/t15-/m0/s1. The minimum absolute atomic E-state index is 0.0814. The fourth-order valence-corrected chi connectivity index (χ4v) is 4.05. The van der Waals surface area contributed by atoms with Gasteiger partial charge in [-0.3, -0.25) is 0 Å². The zero-order valence-corrected chi connectivity index (χ0v) is 15.0. The Bertz CT molecular complexity index is 698. The van der Waals surface area contributed by atoms with E-state index in [1.165, 1.54) is 10.5 Å². The first-order valence-corrected chi connectivity index (χ1v) is 9.38. The van der Waals surface area contributed by atoms with E-state index in [1.807, 2.05) is 30.1 Å². The normalized spacial score (nSPS) is 16.7. The van der Waals surface area contributed by atoms with Gasteiger partial charge in [-0.15, -0.1) is 11.8 Å². The molecule has 0 radical (unpaired) electrons. The zero-order valence-electron chi connectivity index (χ0n) is 14.2. The Kier molecular flexibility index (Phi) is 5.45. The van der Waals surface area contributed by atoms with Crippen molar-refractivity contribution in [3.05, 3.63) is 48.0 Å². The molecule has 2 aromatic rings. The average Bonchev–Trinajstić information content (AvgIpc) is 3.00. The highest BCUT2D eigenvalue weighted by Gasteiger charge is 2.21. The van der Waals surface area contributed by atoms with E-state index >= 15 is 0 Å². The maximum absolute atomic E-state index is 12.3. The number of amides is 2. The maximum Gasteiger partial charge on any atom is 0.315 e. The molecule has 1 aliphatic rings. The fraction of sp³-hybridized carbons (Fsp3) is 0.444. The first-order valence-electron chi connectivity index (χ1n) is 8.39. The fourth-order valence-electron chi connectivity index (χ4n) is 2.93. The Labute approximate surface area is 147 Å². The number of carbonyl (C=O) groups is 1. The number of rotatable bonds is 5. The summed E-state index contributed by atoms with van der Waals surface area (Å²) in [4.78, 5) is 17.9. The number of hydrogen-bond donors (Lipinski definition) is 2. The van der Waals surface area contributed by atoms with Gasteiger partial charge in [0.15, 0.2) is 0 Å². The Morgan fingerprint density at radius 3 is 3.08 bits per heavy atom. The molecule has 0 unspecified atom stereocenters. The Hall–Kier alpha value is -1.95. The van der Waals surface area contributed by atoms with E-state index in [4.69, 9.17) is 0 Å².